The van der Waals surface area contributed by atoms with Gasteiger partial charge in [-0.2, -0.15) is 0 Å². The molecule has 0 bridgehead atoms. The molecule has 0 saturated heterocycles. The lowest BCUT2D eigenvalue weighted by molar-refractivity contribution is 0.416. The second kappa shape index (κ2) is 22.0. The lowest BCUT2D eigenvalue weighted by atomic mass is 10.0. The third-order valence-corrected chi connectivity index (χ3v) is 12.8. The van der Waals surface area contributed by atoms with Crippen LogP contribution in [0.5, 0.6) is 46.0 Å². The predicted octanol–water partition coefficient (Wildman–Crippen LogP) is 17.3. The van der Waals surface area contributed by atoms with E-state index in [9.17, 15) is 0 Å². The van der Waals surface area contributed by atoms with Gasteiger partial charge in [-0.15, -0.1) is 0 Å². The first-order valence-corrected chi connectivity index (χ1v) is 24.6. The van der Waals surface area contributed by atoms with Crippen molar-refractivity contribution in [3.63, 3.8) is 0 Å². The van der Waals surface area contributed by atoms with Crippen LogP contribution in [0.15, 0.2) is 239 Å². The summed E-state index contributed by atoms with van der Waals surface area (Å²) >= 11 is 0. The Labute approximate surface area is 439 Å². The van der Waals surface area contributed by atoms with E-state index in [1.54, 1.807) is 28.4 Å². The Balaban J connectivity index is 0.000000162. The van der Waals surface area contributed by atoms with Gasteiger partial charge in [0.05, 0.1) is 28.4 Å². The van der Waals surface area contributed by atoms with Crippen LogP contribution < -0.4 is 28.4 Å². The number of methoxy groups -OCH3 is 4. The van der Waals surface area contributed by atoms with Crippen LogP contribution in [-0.4, -0.2) is 38.4 Å². The summed E-state index contributed by atoms with van der Waals surface area (Å²) in [6, 6.07) is 75.0. The van der Waals surface area contributed by atoms with E-state index in [4.69, 9.17) is 47.2 Å². The van der Waals surface area contributed by atoms with Crippen molar-refractivity contribution < 1.29 is 37.3 Å². The molecule has 12 aromatic rings. The van der Waals surface area contributed by atoms with Gasteiger partial charge in [-0.3, -0.25) is 0 Å². The Morgan fingerprint density at radius 2 is 0.592 bits per heavy atom. The van der Waals surface area contributed by atoms with Gasteiger partial charge in [0.25, 0.3) is 0 Å². The normalized spacial score (nSPS) is 10.9. The van der Waals surface area contributed by atoms with E-state index >= 15 is 0 Å². The number of ether oxygens (including phenoxy) is 6. The number of hydrogen-bond donors (Lipinski definition) is 0. The highest BCUT2D eigenvalue weighted by molar-refractivity contribution is 5.90. The Morgan fingerprint density at radius 3 is 0.947 bits per heavy atom. The van der Waals surface area contributed by atoms with Crippen molar-refractivity contribution in [2.24, 2.45) is 0 Å². The van der Waals surface area contributed by atoms with Gasteiger partial charge in [-0.1, -0.05) is 133 Å². The number of hydrogen-bond acceptors (Lipinski definition) is 10. The van der Waals surface area contributed by atoms with Crippen LogP contribution in [0.25, 0.3) is 89.6 Å². The number of rotatable bonds is 14. The maximum Gasteiger partial charge on any atom is 0.227 e. The summed E-state index contributed by atoms with van der Waals surface area (Å²) in [6.07, 6.45) is 0. The van der Waals surface area contributed by atoms with E-state index in [-0.39, 0.29) is 0 Å². The maximum atomic E-state index is 6.46. The number of benzene rings is 10. The van der Waals surface area contributed by atoms with E-state index in [1.165, 1.54) is 0 Å². The maximum absolute atomic E-state index is 6.46. The van der Waals surface area contributed by atoms with E-state index in [0.717, 1.165) is 89.7 Å². The molecule has 10 nitrogen and oxygen atoms in total. The van der Waals surface area contributed by atoms with Crippen molar-refractivity contribution in [1.29, 1.82) is 0 Å². The Morgan fingerprint density at radius 1 is 0.276 bits per heavy atom. The van der Waals surface area contributed by atoms with Crippen LogP contribution in [0.3, 0.4) is 0 Å². The molecule has 2 aromatic heterocycles. The minimum atomic E-state index is 0.560. The molecule has 0 aliphatic heterocycles. The first-order valence-electron chi connectivity index (χ1n) is 24.6. The molecule has 0 fully saturated rings. The largest absolute Gasteiger partial charge is 0.496 e. The van der Waals surface area contributed by atoms with E-state index < -0.39 is 0 Å². The zero-order chi connectivity index (χ0) is 51.8. The quantitative estimate of drug-likeness (QED) is 0.104. The molecule has 0 amide bonds. The van der Waals surface area contributed by atoms with Gasteiger partial charge in [-0.25, -0.2) is 9.97 Å². The SMILES string of the molecule is COc1ccccc1-c1ccc(Oc2cc3oc(-c4ccccc4)nc3cc2-c2ccccc2OC)cc1.COc1ccccc1-c1ccc(Oc2cc3oc(-c4ccccc4)nc3cc2-c2ccccc2OC)cc1. The molecular weight excluding hydrogens is 949 g/mol. The molecule has 12 rings (SSSR count). The van der Waals surface area contributed by atoms with Crippen LogP contribution in [-0.2, 0) is 0 Å². The van der Waals surface area contributed by atoms with E-state index in [2.05, 4.69) is 0 Å². The molecule has 10 aromatic carbocycles. The zero-order valence-corrected chi connectivity index (χ0v) is 42.1. The monoisotopic (exact) mass is 998 g/mol. The van der Waals surface area contributed by atoms with Gasteiger partial charge < -0.3 is 37.3 Å². The summed E-state index contributed by atoms with van der Waals surface area (Å²) < 4.78 is 47.6. The second-order valence-corrected chi connectivity index (χ2v) is 17.5. The molecule has 0 atom stereocenters. The lowest BCUT2D eigenvalue weighted by Gasteiger charge is -2.14. The van der Waals surface area contributed by atoms with Crippen molar-refractivity contribution >= 4 is 22.2 Å². The van der Waals surface area contributed by atoms with Gasteiger partial charge in [0.2, 0.25) is 11.8 Å². The predicted molar refractivity (Wildman–Crippen MR) is 300 cm³/mol. The molecule has 0 aliphatic carbocycles. The van der Waals surface area contributed by atoms with Crippen LogP contribution in [0.4, 0.5) is 0 Å². The summed E-state index contributed by atoms with van der Waals surface area (Å²) in [5, 5.41) is 0. The van der Waals surface area contributed by atoms with Crippen molar-refractivity contribution in [3.8, 4) is 113 Å². The van der Waals surface area contributed by atoms with Crippen LogP contribution in [0, 0.1) is 0 Å². The first kappa shape index (κ1) is 48.2. The summed E-state index contributed by atoms with van der Waals surface area (Å²) in [5.41, 5.74) is 12.2. The smallest absolute Gasteiger partial charge is 0.227 e. The molecule has 372 valence electrons. The number of oxazole rings is 2. The fraction of sp³-hybridized carbons (Fsp3) is 0.0606. The molecule has 76 heavy (non-hydrogen) atoms. The molecular formula is C66H50N2O8. The summed E-state index contributed by atoms with van der Waals surface area (Å²) in [4.78, 5) is 9.52. The number of aromatic nitrogens is 2. The highest BCUT2D eigenvalue weighted by atomic mass is 16.5. The molecule has 0 saturated carbocycles. The molecule has 0 unspecified atom stereocenters. The number of nitrogens with zero attached hydrogens (tertiary/aromatic N) is 2. The Bertz CT molecular complexity index is 3670. The third kappa shape index (κ3) is 10.2. The highest BCUT2D eigenvalue weighted by Crippen LogP contribution is 2.44. The fourth-order valence-corrected chi connectivity index (χ4v) is 9.07. The van der Waals surface area contributed by atoms with Gasteiger partial charge in [0.15, 0.2) is 11.2 Å². The zero-order valence-electron chi connectivity index (χ0n) is 42.1. The van der Waals surface area contributed by atoms with E-state index in [0.29, 0.717) is 45.9 Å². The Kier molecular flexibility index (Phi) is 13.9. The summed E-state index contributed by atoms with van der Waals surface area (Å²) in [5.74, 6) is 6.93. The molecule has 0 radical (unpaired) electrons. The van der Waals surface area contributed by atoms with Crippen molar-refractivity contribution in [2.45, 2.75) is 0 Å². The van der Waals surface area contributed by atoms with Gasteiger partial charge in [0, 0.05) is 56.6 Å². The standard InChI is InChI=1S/2C33H25NO4/c2*1-35-29-14-8-6-12-25(29)22-16-18-24(19-17-22)37-31-21-32-28(34-33(38-32)23-10-4-3-5-11-23)20-27(31)26-13-7-9-15-30(26)36-2/h2*3-21H,1-2H3. The molecule has 2 heterocycles. The van der Waals surface area contributed by atoms with Gasteiger partial charge >= 0.3 is 0 Å². The van der Waals surface area contributed by atoms with Gasteiger partial charge in [-0.05, 0) is 96.1 Å². The van der Waals surface area contributed by atoms with E-state index in [1.807, 2.05) is 231 Å². The average Bonchev–Trinajstić information content (AvgIpc) is 4.12. The average molecular weight is 999 g/mol. The second-order valence-electron chi connectivity index (χ2n) is 17.5. The van der Waals surface area contributed by atoms with Crippen molar-refractivity contribution in [2.75, 3.05) is 28.4 Å². The number of fused-ring (bicyclic) bond motifs is 2. The Hall–Kier alpha value is -10.1. The molecule has 0 aliphatic rings. The third-order valence-electron chi connectivity index (χ3n) is 12.8. The molecule has 0 spiro atoms. The number of para-hydroxylation sites is 4. The lowest BCUT2D eigenvalue weighted by Crippen LogP contribution is -1.92. The highest BCUT2D eigenvalue weighted by Gasteiger charge is 2.20. The van der Waals surface area contributed by atoms with Crippen LogP contribution in [0.2, 0.25) is 0 Å². The molecule has 0 N–H and O–H groups in total. The van der Waals surface area contributed by atoms with Crippen molar-refractivity contribution in [1.82, 2.24) is 9.97 Å². The van der Waals surface area contributed by atoms with Crippen LogP contribution >= 0.6 is 0 Å². The summed E-state index contributed by atoms with van der Waals surface area (Å²) in [7, 11) is 6.69. The molecule has 10 heteroatoms. The minimum absolute atomic E-state index is 0.560. The topological polar surface area (TPSA) is 107 Å². The van der Waals surface area contributed by atoms with Crippen LogP contribution in [0.1, 0.15) is 0 Å². The first-order chi connectivity index (χ1) is 37.5. The van der Waals surface area contributed by atoms with Gasteiger partial charge in [0.1, 0.15) is 57.0 Å². The minimum Gasteiger partial charge on any atom is -0.496 e. The fourth-order valence-electron chi connectivity index (χ4n) is 9.07. The van der Waals surface area contributed by atoms with Crippen molar-refractivity contribution in [3.05, 3.63) is 231 Å². The summed E-state index contributed by atoms with van der Waals surface area (Å²) in [6.45, 7) is 0.